The molecule has 6 heteroatoms. The molecule has 18 heavy (non-hydrogen) atoms. The molecule has 1 fully saturated rings. The van der Waals surface area contributed by atoms with Gasteiger partial charge in [0.1, 0.15) is 0 Å². The number of aromatic nitrogens is 2. The van der Waals surface area contributed by atoms with E-state index in [2.05, 4.69) is 29.0 Å². The molecule has 1 aromatic heterocycles. The molecule has 0 radical (unpaired) electrons. The Morgan fingerprint density at radius 3 is 2.50 bits per heavy atom. The lowest BCUT2D eigenvalue weighted by atomic mass is 10.0. The van der Waals surface area contributed by atoms with Gasteiger partial charge in [-0.2, -0.15) is 0 Å². The zero-order valence-electron chi connectivity index (χ0n) is 10.7. The fourth-order valence-corrected chi connectivity index (χ4v) is 2.31. The monoisotopic (exact) mass is 250 g/mol. The molecular formula is C12H18N4O2. The van der Waals surface area contributed by atoms with Crippen LogP contribution in [0.5, 0.6) is 0 Å². The summed E-state index contributed by atoms with van der Waals surface area (Å²) in [6.45, 7) is 1.64. The lowest BCUT2D eigenvalue weighted by molar-refractivity contribution is 0.0690. The SMILES string of the molecule is CN(C)C1CCN(c2nccnc2C(=O)O)CC1. The summed E-state index contributed by atoms with van der Waals surface area (Å²) < 4.78 is 0. The molecule has 0 aromatic carbocycles. The smallest absolute Gasteiger partial charge is 0.358 e. The van der Waals surface area contributed by atoms with Crippen LogP contribution in [0.15, 0.2) is 12.4 Å². The van der Waals surface area contributed by atoms with Crippen LogP contribution in [0.2, 0.25) is 0 Å². The van der Waals surface area contributed by atoms with Crippen LogP contribution in [-0.2, 0) is 0 Å². The Kier molecular flexibility index (Phi) is 3.76. The van der Waals surface area contributed by atoms with Crippen LogP contribution in [0.3, 0.4) is 0 Å². The van der Waals surface area contributed by atoms with Gasteiger partial charge in [0.15, 0.2) is 11.5 Å². The summed E-state index contributed by atoms with van der Waals surface area (Å²) >= 11 is 0. The fourth-order valence-electron chi connectivity index (χ4n) is 2.31. The Morgan fingerprint density at radius 2 is 1.94 bits per heavy atom. The second-order valence-electron chi connectivity index (χ2n) is 4.72. The zero-order chi connectivity index (χ0) is 13.1. The number of carboxylic acid groups (broad SMARTS) is 1. The highest BCUT2D eigenvalue weighted by atomic mass is 16.4. The minimum Gasteiger partial charge on any atom is -0.476 e. The van der Waals surface area contributed by atoms with Crippen LogP contribution in [0, 0.1) is 0 Å². The van der Waals surface area contributed by atoms with Crippen LogP contribution in [-0.4, -0.2) is 59.2 Å². The largest absolute Gasteiger partial charge is 0.476 e. The predicted molar refractivity (Wildman–Crippen MR) is 67.9 cm³/mol. The van der Waals surface area contributed by atoms with Crippen molar-refractivity contribution in [1.82, 2.24) is 14.9 Å². The summed E-state index contributed by atoms with van der Waals surface area (Å²) in [6.07, 6.45) is 4.99. The first-order valence-corrected chi connectivity index (χ1v) is 6.05. The Labute approximate surface area is 106 Å². The molecule has 2 rings (SSSR count). The van der Waals surface area contributed by atoms with E-state index in [0.717, 1.165) is 25.9 Å². The van der Waals surface area contributed by atoms with Crippen LogP contribution in [0.25, 0.3) is 0 Å². The number of hydrogen-bond donors (Lipinski definition) is 1. The predicted octanol–water partition coefficient (Wildman–Crippen LogP) is 0.705. The van der Waals surface area contributed by atoms with Gasteiger partial charge < -0.3 is 14.9 Å². The van der Waals surface area contributed by atoms with E-state index in [1.54, 1.807) is 6.20 Å². The highest BCUT2D eigenvalue weighted by Gasteiger charge is 2.25. The van der Waals surface area contributed by atoms with Crippen molar-refractivity contribution >= 4 is 11.8 Å². The quantitative estimate of drug-likeness (QED) is 0.852. The van der Waals surface area contributed by atoms with Crippen molar-refractivity contribution in [2.75, 3.05) is 32.1 Å². The summed E-state index contributed by atoms with van der Waals surface area (Å²) in [4.78, 5) is 23.4. The Hall–Kier alpha value is -1.69. The summed E-state index contributed by atoms with van der Waals surface area (Å²) in [5.41, 5.74) is 0.0424. The summed E-state index contributed by atoms with van der Waals surface area (Å²) in [5.74, 6) is -0.532. The van der Waals surface area contributed by atoms with E-state index in [1.807, 2.05) is 4.90 Å². The van der Waals surface area contributed by atoms with Gasteiger partial charge >= 0.3 is 5.97 Å². The summed E-state index contributed by atoms with van der Waals surface area (Å²) in [6, 6.07) is 0.561. The van der Waals surface area contributed by atoms with Crippen molar-refractivity contribution in [3.63, 3.8) is 0 Å². The van der Waals surface area contributed by atoms with E-state index >= 15 is 0 Å². The number of anilines is 1. The number of hydrogen-bond acceptors (Lipinski definition) is 5. The molecule has 1 aromatic rings. The maximum atomic E-state index is 11.1. The second-order valence-corrected chi connectivity index (χ2v) is 4.72. The van der Waals surface area contributed by atoms with E-state index in [1.165, 1.54) is 6.20 Å². The van der Waals surface area contributed by atoms with Gasteiger partial charge in [-0.1, -0.05) is 0 Å². The number of piperidine rings is 1. The molecule has 1 aliphatic rings. The Bertz CT molecular complexity index is 428. The van der Waals surface area contributed by atoms with Gasteiger partial charge in [0.05, 0.1) is 0 Å². The first kappa shape index (κ1) is 12.8. The third kappa shape index (κ3) is 2.59. The zero-order valence-corrected chi connectivity index (χ0v) is 10.7. The number of rotatable bonds is 3. The summed E-state index contributed by atoms with van der Waals surface area (Å²) in [5, 5.41) is 9.10. The minimum absolute atomic E-state index is 0.0424. The van der Waals surface area contributed by atoms with E-state index in [-0.39, 0.29) is 5.69 Å². The molecule has 6 nitrogen and oxygen atoms in total. The molecule has 0 spiro atoms. The topological polar surface area (TPSA) is 69.6 Å². The van der Waals surface area contributed by atoms with Crippen LogP contribution in [0.1, 0.15) is 23.3 Å². The van der Waals surface area contributed by atoms with Gasteiger partial charge in [0.2, 0.25) is 0 Å². The molecular weight excluding hydrogens is 232 g/mol. The van der Waals surface area contributed by atoms with Gasteiger partial charge in [0.25, 0.3) is 0 Å². The highest BCUT2D eigenvalue weighted by molar-refractivity contribution is 5.90. The van der Waals surface area contributed by atoms with Gasteiger partial charge in [-0.05, 0) is 26.9 Å². The van der Waals surface area contributed by atoms with Crippen molar-refractivity contribution in [3.8, 4) is 0 Å². The highest BCUT2D eigenvalue weighted by Crippen LogP contribution is 2.21. The number of carbonyl (C=O) groups is 1. The van der Waals surface area contributed by atoms with Gasteiger partial charge in [-0.3, -0.25) is 0 Å². The van der Waals surface area contributed by atoms with E-state index < -0.39 is 5.97 Å². The minimum atomic E-state index is -1.02. The molecule has 1 N–H and O–H groups in total. The average molecular weight is 250 g/mol. The van der Waals surface area contributed by atoms with Gasteiger partial charge in [-0.15, -0.1) is 0 Å². The van der Waals surface area contributed by atoms with Crippen molar-refractivity contribution < 1.29 is 9.90 Å². The average Bonchev–Trinajstić information content (AvgIpc) is 2.39. The summed E-state index contributed by atoms with van der Waals surface area (Å²) in [7, 11) is 4.15. The number of nitrogens with zero attached hydrogens (tertiary/aromatic N) is 4. The lowest BCUT2D eigenvalue weighted by Gasteiger charge is -2.35. The first-order chi connectivity index (χ1) is 8.59. The lowest BCUT2D eigenvalue weighted by Crippen LogP contribution is -2.42. The van der Waals surface area contributed by atoms with Crippen molar-refractivity contribution in [3.05, 3.63) is 18.1 Å². The fraction of sp³-hybridized carbons (Fsp3) is 0.583. The van der Waals surface area contributed by atoms with Crippen LogP contribution < -0.4 is 4.90 Å². The molecule has 1 aliphatic heterocycles. The third-order valence-corrected chi connectivity index (χ3v) is 3.38. The molecule has 98 valence electrons. The maximum absolute atomic E-state index is 11.1. The van der Waals surface area contributed by atoms with Gasteiger partial charge in [-0.25, -0.2) is 14.8 Å². The molecule has 0 unspecified atom stereocenters. The normalized spacial score (nSPS) is 17.2. The van der Waals surface area contributed by atoms with Crippen LogP contribution in [0.4, 0.5) is 5.82 Å². The molecule has 0 aliphatic carbocycles. The molecule has 1 saturated heterocycles. The third-order valence-electron chi connectivity index (χ3n) is 3.38. The van der Waals surface area contributed by atoms with Crippen molar-refractivity contribution in [1.29, 1.82) is 0 Å². The standard InChI is InChI=1S/C12H18N4O2/c1-15(2)9-3-7-16(8-4-9)11-10(12(17)18)13-5-6-14-11/h5-6,9H,3-4,7-8H2,1-2H3,(H,17,18). The van der Waals surface area contributed by atoms with E-state index in [4.69, 9.17) is 5.11 Å². The first-order valence-electron chi connectivity index (χ1n) is 6.05. The number of carboxylic acids is 1. The molecule has 0 amide bonds. The number of aromatic carboxylic acids is 1. The van der Waals surface area contributed by atoms with E-state index in [9.17, 15) is 4.79 Å². The molecule has 2 heterocycles. The Morgan fingerprint density at radius 1 is 1.33 bits per heavy atom. The Balaban J connectivity index is 2.12. The van der Waals surface area contributed by atoms with Gasteiger partial charge in [0, 0.05) is 31.5 Å². The van der Waals surface area contributed by atoms with Crippen molar-refractivity contribution in [2.24, 2.45) is 0 Å². The maximum Gasteiger partial charge on any atom is 0.358 e. The van der Waals surface area contributed by atoms with E-state index in [0.29, 0.717) is 11.9 Å². The van der Waals surface area contributed by atoms with Crippen LogP contribution >= 0.6 is 0 Å². The molecule has 0 bridgehead atoms. The molecule has 0 atom stereocenters. The second kappa shape index (κ2) is 5.30. The van der Waals surface area contributed by atoms with Crippen molar-refractivity contribution in [2.45, 2.75) is 18.9 Å². The molecule has 0 saturated carbocycles.